The third-order valence-electron chi connectivity index (χ3n) is 5.41. The molecular formula is C24H36Br2CoN3. The molecule has 170 valence electrons. The zero-order chi connectivity index (χ0) is 22.8. The van der Waals surface area contributed by atoms with Gasteiger partial charge in [0.05, 0.1) is 0 Å². The van der Waals surface area contributed by atoms with Crippen LogP contribution < -0.4 is 11.5 Å². The van der Waals surface area contributed by atoms with E-state index < -0.39 is 0 Å². The Morgan fingerprint density at radius 3 is 1.23 bits per heavy atom. The first-order valence-corrected chi connectivity index (χ1v) is 15.4. The van der Waals surface area contributed by atoms with Gasteiger partial charge in [0.25, 0.3) is 0 Å². The second kappa shape index (κ2) is 14.0. The van der Waals surface area contributed by atoms with Crippen LogP contribution in [-0.2, 0) is 11.1 Å². The molecule has 4 N–H and O–H groups in total. The molecule has 0 bridgehead atoms. The third kappa shape index (κ3) is 8.73. The SMILES string of the molecule is Cc1cc(C)c(C(N)CC[N-]CCC(N)c2c(C)cc(C)cc2C)c(C)c1.[Br][Co+][Br]. The number of nitrogens with two attached hydrogens (primary N) is 2. The van der Waals surface area contributed by atoms with E-state index in [1.54, 1.807) is 0 Å². The fourth-order valence-corrected chi connectivity index (χ4v) is 4.41. The Bertz CT molecular complexity index is 700. The zero-order valence-electron chi connectivity index (χ0n) is 19.0. The summed E-state index contributed by atoms with van der Waals surface area (Å²) in [7, 11) is 0. The minimum absolute atomic E-state index is 0.0459. The van der Waals surface area contributed by atoms with Gasteiger partial charge in [0.1, 0.15) is 0 Å². The van der Waals surface area contributed by atoms with Crippen molar-refractivity contribution in [1.29, 1.82) is 0 Å². The number of benzene rings is 2. The molecule has 0 radical (unpaired) electrons. The van der Waals surface area contributed by atoms with E-state index in [1.165, 1.54) is 44.5 Å². The number of aryl methyl sites for hydroxylation is 6. The van der Waals surface area contributed by atoms with Gasteiger partial charge in [0.2, 0.25) is 0 Å². The Kier molecular flexibility index (Phi) is 13.0. The first-order chi connectivity index (χ1) is 14.1. The van der Waals surface area contributed by atoms with Crippen molar-refractivity contribution in [3.8, 4) is 0 Å². The van der Waals surface area contributed by atoms with Gasteiger partial charge in [0, 0.05) is 12.1 Å². The molecule has 0 aliphatic carbocycles. The molecule has 30 heavy (non-hydrogen) atoms. The van der Waals surface area contributed by atoms with Crippen LogP contribution in [0.15, 0.2) is 24.3 Å². The Morgan fingerprint density at radius 1 is 0.700 bits per heavy atom. The second-order valence-corrected chi connectivity index (χ2v) is 13.4. The second-order valence-electron chi connectivity index (χ2n) is 8.13. The Morgan fingerprint density at radius 2 is 0.967 bits per heavy atom. The van der Waals surface area contributed by atoms with Gasteiger partial charge in [-0.1, -0.05) is 48.2 Å². The van der Waals surface area contributed by atoms with Gasteiger partial charge in [-0.15, -0.1) is 13.1 Å². The average Bonchev–Trinajstić information content (AvgIpc) is 2.60. The molecule has 2 atom stereocenters. The van der Waals surface area contributed by atoms with E-state index in [1.807, 2.05) is 0 Å². The molecule has 0 saturated carbocycles. The Labute approximate surface area is 203 Å². The molecule has 0 fully saturated rings. The van der Waals surface area contributed by atoms with Gasteiger partial charge in [-0.25, -0.2) is 0 Å². The maximum absolute atomic E-state index is 6.45. The van der Waals surface area contributed by atoms with E-state index in [9.17, 15) is 0 Å². The van der Waals surface area contributed by atoms with E-state index in [4.69, 9.17) is 16.8 Å². The monoisotopic (exact) mass is 583 g/mol. The van der Waals surface area contributed by atoms with E-state index in [0.717, 1.165) is 37.0 Å². The number of rotatable bonds is 8. The molecule has 3 nitrogen and oxygen atoms in total. The predicted octanol–water partition coefficient (Wildman–Crippen LogP) is 7.08. The summed E-state index contributed by atoms with van der Waals surface area (Å²) in [5, 5.41) is 4.70. The summed E-state index contributed by atoms with van der Waals surface area (Å²) in [6.45, 7) is 14.4. The van der Waals surface area contributed by atoms with Crippen molar-refractivity contribution in [1.82, 2.24) is 0 Å². The number of hydrogen-bond donors (Lipinski definition) is 2. The molecule has 0 spiro atoms. The molecule has 0 amide bonds. The van der Waals surface area contributed by atoms with Crippen LogP contribution in [0.5, 0.6) is 0 Å². The van der Waals surface area contributed by atoms with E-state index in [2.05, 4.69) is 94.1 Å². The van der Waals surface area contributed by atoms with E-state index >= 15 is 0 Å². The fraction of sp³-hybridized carbons (Fsp3) is 0.500. The molecule has 0 aliphatic rings. The molecule has 2 unspecified atom stereocenters. The van der Waals surface area contributed by atoms with E-state index in [-0.39, 0.29) is 12.1 Å². The molecule has 0 heterocycles. The molecule has 2 rings (SSSR count). The summed E-state index contributed by atoms with van der Waals surface area (Å²) < 4.78 is 0. The molecule has 0 saturated heterocycles. The molecule has 6 heteroatoms. The summed E-state index contributed by atoms with van der Waals surface area (Å²) in [5.74, 6) is 0. The van der Waals surface area contributed by atoms with Crippen LogP contribution in [0.4, 0.5) is 0 Å². The topological polar surface area (TPSA) is 66.1 Å². The van der Waals surface area contributed by atoms with Crippen LogP contribution in [0.2, 0.25) is 0 Å². The first-order valence-electron chi connectivity index (χ1n) is 10.3. The van der Waals surface area contributed by atoms with Crippen LogP contribution in [0, 0.1) is 41.5 Å². The minimum atomic E-state index is 0.0459. The van der Waals surface area contributed by atoms with Crippen molar-refractivity contribution >= 4 is 28.3 Å². The average molecular weight is 585 g/mol. The summed E-state index contributed by atoms with van der Waals surface area (Å²) >= 11 is 7.12. The van der Waals surface area contributed by atoms with Crippen molar-refractivity contribution in [2.75, 3.05) is 13.1 Å². The van der Waals surface area contributed by atoms with Crippen LogP contribution in [0.1, 0.15) is 69.4 Å². The summed E-state index contributed by atoms with van der Waals surface area (Å²) in [4.78, 5) is 0. The van der Waals surface area contributed by atoms with Crippen molar-refractivity contribution in [3.05, 3.63) is 74.1 Å². The Balaban J connectivity index is 0.00000141. The normalized spacial score (nSPS) is 13.0. The number of hydrogen-bond acceptors (Lipinski definition) is 2. The third-order valence-corrected chi connectivity index (χ3v) is 5.41. The van der Waals surface area contributed by atoms with Gasteiger partial charge in [-0.2, -0.15) is 0 Å². The molecular weight excluding hydrogens is 549 g/mol. The van der Waals surface area contributed by atoms with Gasteiger partial charge in [-0.3, -0.25) is 0 Å². The van der Waals surface area contributed by atoms with Gasteiger partial charge in [0.15, 0.2) is 0 Å². The van der Waals surface area contributed by atoms with Crippen molar-refractivity contribution in [2.24, 2.45) is 11.5 Å². The van der Waals surface area contributed by atoms with Crippen molar-refractivity contribution < 1.29 is 11.1 Å². The molecule has 2 aromatic rings. The fourth-order valence-electron chi connectivity index (χ4n) is 4.41. The summed E-state index contributed by atoms with van der Waals surface area (Å²) in [6.07, 6.45) is 1.76. The molecule has 0 aliphatic heterocycles. The Hall–Kier alpha value is -0.214. The van der Waals surface area contributed by atoms with Crippen LogP contribution >= 0.6 is 28.3 Å². The summed E-state index contributed by atoms with van der Waals surface area (Å²) in [6, 6.07) is 8.94. The van der Waals surface area contributed by atoms with Crippen LogP contribution in [0.3, 0.4) is 0 Å². The number of halogens is 2. The van der Waals surface area contributed by atoms with Crippen LogP contribution in [0.25, 0.3) is 5.32 Å². The standard InChI is InChI=1S/C24H36N3.2BrH.Co/c1-15-11-17(3)23(18(4)12-15)21(25)7-9-27-10-8-22(26)24-19(5)13-16(2)14-20(24)6;;;/h11-14,21-22H,7-10,25-26H2,1-6H3;2*1H;/q-1;;;+3/p-2. The molecule has 2 aromatic carbocycles. The maximum atomic E-state index is 6.45. The zero-order valence-corrected chi connectivity index (χ0v) is 23.2. The van der Waals surface area contributed by atoms with Crippen LogP contribution in [-0.4, -0.2) is 13.1 Å². The van der Waals surface area contributed by atoms with Gasteiger partial charge < -0.3 is 16.8 Å². The van der Waals surface area contributed by atoms with Gasteiger partial charge in [-0.05, 0) is 74.9 Å². The quantitative estimate of drug-likeness (QED) is 0.326. The summed E-state index contributed by atoms with van der Waals surface area (Å²) in [5.41, 5.74) is 23.2. The first kappa shape index (κ1) is 27.8. The van der Waals surface area contributed by atoms with Gasteiger partial charge >= 0.3 is 39.5 Å². The van der Waals surface area contributed by atoms with Crippen molar-refractivity contribution in [2.45, 2.75) is 66.5 Å². The van der Waals surface area contributed by atoms with Crippen molar-refractivity contribution in [3.63, 3.8) is 0 Å². The molecule has 0 aromatic heterocycles. The predicted molar refractivity (Wildman–Crippen MR) is 135 cm³/mol. The van der Waals surface area contributed by atoms with E-state index in [0.29, 0.717) is 0 Å². The number of nitrogens with zero attached hydrogens (tertiary/aromatic N) is 1.